The van der Waals surface area contributed by atoms with Crippen molar-refractivity contribution >= 4 is 39.1 Å². The normalized spacial score (nSPS) is 14.3. The Kier molecular flexibility index (Phi) is 5.47. The van der Waals surface area contributed by atoms with Gasteiger partial charge in [-0.2, -0.15) is 13.2 Å². The summed E-state index contributed by atoms with van der Waals surface area (Å²) in [4.78, 5) is 31.6. The zero-order valence-electron chi connectivity index (χ0n) is 17.0. The molecule has 9 heteroatoms. The van der Waals surface area contributed by atoms with Crippen LogP contribution in [0.1, 0.15) is 49.7 Å². The van der Waals surface area contributed by atoms with Gasteiger partial charge in [0.1, 0.15) is 10.5 Å². The first kappa shape index (κ1) is 21.3. The van der Waals surface area contributed by atoms with Crippen LogP contribution in [0.15, 0.2) is 30.3 Å². The summed E-state index contributed by atoms with van der Waals surface area (Å²) < 4.78 is 38.9. The number of halogens is 3. The smallest absolute Gasteiger partial charge is 0.339 e. The molecule has 0 spiro atoms. The molecule has 0 bridgehead atoms. The predicted molar refractivity (Wildman–Crippen MR) is 114 cm³/mol. The van der Waals surface area contributed by atoms with E-state index in [2.05, 4.69) is 10.3 Å². The molecule has 2 amide bonds. The summed E-state index contributed by atoms with van der Waals surface area (Å²) in [6.07, 6.45) is -2.58. The molecule has 0 saturated carbocycles. The van der Waals surface area contributed by atoms with Crippen molar-refractivity contribution < 1.29 is 22.8 Å². The molecule has 0 aliphatic carbocycles. The fourth-order valence-electron chi connectivity index (χ4n) is 3.75. The van der Waals surface area contributed by atoms with Gasteiger partial charge in [0.2, 0.25) is 0 Å². The van der Waals surface area contributed by atoms with E-state index in [9.17, 15) is 22.8 Å². The van der Waals surface area contributed by atoms with Gasteiger partial charge in [-0.15, -0.1) is 11.3 Å². The number of carbonyl (C=O) groups is 2. The molecule has 1 aliphatic rings. The van der Waals surface area contributed by atoms with E-state index in [-0.39, 0.29) is 15.6 Å². The summed E-state index contributed by atoms with van der Waals surface area (Å²) in [6, 6.07) is 7.41. The van der Waals surface area contributed by atoms with Crippen molar-refractivity contribution in [3.63, 3.8) is 0 Å². The first-order chi connectivity index (χ1) is 14.7. The largest absolute Gasteiger partial charge is 0.433 e. The van der Waals surface area contributed by atoms with Gasteiger partial charge in [0, 0.05) is 29.7 Å². The lowest BCUT2D eigenvalue weighted by molar-refractivity contribution is -0.140. The van der Waals surface area contributed by atoms with Gasteiger partial charge < -0.3 is 10.2 Å². The van der Waals surface area contributed by atoms with E-state index < -0.39 is 17.8 Å². The van der Waals surface area contributed by atoms with Crippen LogP contribution in [0.3, 0.4) is 0 Å². The van der Waals surface area contributed by atoms with Crippen molar-refractivity contribution in [1.29, 1.82) is 0 Å². The summed E-state index contributed by atoms with van der Waals surface area (Å²) in [5, 5.41) is 3.32. The Hall–Kier alpha value is -2.94. The molecule has 31 heavy (non-hydrogen) atoms. The van der Waals surface area contributed by atoms with E-state index in [1.807, 2.05) is 0 Å². The molecule has 1 aliphatic heterocycles. The molecule has 4 rings (SSSR count). The molecular weight excluding hydrogens is 427 g/mol. The molecule has 3 heterocycles. The molecule has 3 aromatic rings. The van der Waals surface area contributed by atoms with E-state index in [1.54, 1.807) is 36.9 Å². The van der Waals surface area contributed by atoms with Crippen molar-refractivity contribution in [3.8, 4) is 0 Å². The lowest BCUT2D eigenvalue weighted by atomic mass is 10.1. The third-order valence-electron chi connectivity index (χ3n) is 5.51. The quantitative estimate of drug-likeness (QED) is 0.583. The number of benzene rings is 1. The summed E-state index contributed by atoms with van der Waals surface area (Å²) >= 11 is 0.920. The number of aromatic nitrogens is 1. The van der Waals surface area contributed by atoms with E-state index >= 15 is 0 Å². The van der Waals surface area contributed by atoms with Gasteiger partial charge in [-0.3, -0.25) is 9.59 Å². The Labute approximate surface area is 180 Å². The molecule has 1 saturated heterocycles. The van der Waals surface area contributed by atoms with Crippen LogP contribution in [0, 0.1) is 13.8 Å². The number of aryl methyl sites for hydroxylation is 1. The maximum absolute atomic E-state index is 13.0. The van der Waals surface area contributed by atoms with Crippen molar-refractivity contribution in [3.05, 3.63) is 57.6 Å². The number of carbonyl (C=O) groups excluding carboxylic acids is 2. The number of fused-ring (bicyclic) bond motifs is 1. The summed E-state index contributed by atoms with van der Waals surface area (Å²) in [7, 11) is 0. The third-order valence-corrected chi connectivity index (χ3v) is 6.71. The number of thiophene rings is 1. The van der Waals surface area contributed by atoms with Crippen molar-refractivity contribution in [1.82, 2.24) is 9.88 Å². The number of anilines is 1. The fraction of sp³-hybridized carbons (Fsp3) is 0.318. The Morgan fingerprint density at radius 1 is 1.06 bits per heavy atom. The first-order valence-electron chi connectivity index (χ1n) is 9.84. The molecule has 0 atom stereocenters. The molecule has 0 unspecified atom stereocenters. The zero-order valence-corrected chi connectivity index (χ0v) is 17.8. The van der Waals surface area contributed by atoms with Gasteiger partial charge in [-0.25, -0.2) is 4.98 Å². The number of likely N-dealkylation sites (tertiary alicyclic amines) is 1. The van der Waals surface area contributed by atoms with E-state index in [1.165, 1.54) is 6.07 Å². The zero-order chi connectivity index (χ0) is 22.3. The van der Waals surface area contributed by atoms with Gasteiger partial charge in [-0.1, -0.05) is 6.07 Å². The van der Waals surface area contributed by atoms with Crippen LogP contribution >= 0.6 is 11.3 Å². The minimum atomic E-state index is -4.55. The van der Waals surface area contributed by atoms with Crippen LogP contribution < -0.4 is 5.32 Å². The van der Waals surface area contributed by atoms with Crippen LogP contribution in [-0.4, -0.2) is 34.8 Å². The first-order valence-corrected chi connectivity index (χ1v) is 10.7. The monoisotopic (exact) mass is 447 g/mol. The minimum absolute atomic E-state index is 0.0620. The number of pyridine rings is 1. The highest BCUT2D eigenvalue weighted by Gasteiger charge is 2.33. The number of amides is 2. The van der Waals surface area contributed by atoms with Gasteiger partial charge in [0.25, 0.3) is 11.8 Å². The Balaban J connectivity index is 1.62. The standard InChI is InChI=1S/C22H20F3N3O2S/c1-12-15(21(30)28-10-3-4-11-28)6-5-7-16(12)26-19(29)18-13(2)14-8-9-17(22(23,24)25)27-20(14)31-18/h5-9H,3-4,10-11H2,1-2H3,(H,26,29). The van der Waals surface area contributed by atoms with Crippen molar-refractivity contribution in [2.24, 2.45) is 0 Å². The van der Waals surface area contributed by atoms with Crippen LogP contribution in [0.5, 0.6) is 0 Å². The van der Waals surface area contributed by atoms with Gasteiger partial charge in [0.05, 0.1) is 4.88 Å². The molecule has 2 aromatic heterocycles. The van der Waals surface area contributed by atoms with Gasteiger partial charge in [0.15, 0.2) is 0 Å². The Morgan fingerprint density at radius 2 is 1.77 bits per heavy atom. The number of hydrogen-bond donors (Lipinski definition) is 1. The minimum Gasteiger partial charge on any atom is -0.339 e. The van der Waals surface area contributed by atoms with Crippen LogP contribution in [0.25, 0.3) is 10.2 Å². The number of alkyl halides is 3. The average Bonchev–Trinajstić information content (AvgIpc) is 3.37. The van der Waals surface area contributed by atoms with Gasteiger partial charge in [-0.05, 0) is 62.1 Å². The second-order valence-corrected chi connectivity index (χ2v) is 8.53. The second-order valence-electron chi connectivity index (χ2n) is 7.53. The maximum atomic E-state index is 13.0. The van der Waals surface area contributed by atoms with Crippen molar-refractivity contribution in [2.45, 2.75) is 32.9 Å². The molecular formula is C22H20F3N3O2S. The lowest BCUT2D eigenvalue weighted by Gasteiger charge is -2.18. The highest BCUT2D eigenvalue weighted by Crippen LogP contribution is 2.34. The SMILES string of the molecule is Cc1c(NC(=O)c2sc3nc(C(F)(F)F)ccc3c2C)cccc1C(=O)N1CCCC1. The predicted octanol–water partition coefficient (Wildman–Crippen LogP) is 5.42. The number of nitrogens with zero attached hydrogens (tertiary/aromatic N) is 2. The van der Waals surface area contributed by atoms with E-state index in [4.69, 9.17) is 0 Å². The number of nitrogens with one attached hydrogen (secondary N) is 1. The van der Waals surface area contributed by atoms with Crippen LogP contribution in [0.2, 0.25) is 0 Å². The number of hydrogen-bond acceptors (Lipinski definition) is 4. The highest BCUT2D eigenvalue weighted by atomic mass is 32.1. The van der Waals surface area contributed by atoms with Crippen LogP contribution in [-0.2, 0) is 6.18 Å². The summed E-state index contributed by atoms with van der Waals surface area (Å²) in [5.41, 5.74) is 1.27. The van der Waals surface area contributed by atoms with E-state index in [0.29, 0.717) is 27.8 Å². The second kappa shape index (κ2) is 7.96. The molecule has 1 fully saturated rings. The molecule has 1 aromatic carbocycles. The molecule has 162 valence electrons. The molecule has 1 N–H and O–H groups in total. The van der Waals surface area contributed by atoms with Crippen LogP contribution in [0.4, 0.5) is 18.9 Å². The molecule has 0 radical (unpaired) electrons. The van der Waals surface area contributed by atoms with E-state index in [0.717, 1.165) is 43.3 Å². The Bertz CT molecular complexity index is 1180. The molecule has 5 nitrogen and oxygen atoms in total. The Morgan fingerprint density at radius 3 is 2.45 bits per heavy atom. The number of rotatable bonds is 3. The topological polar surface area (TPSA) is 62.3 Å². The third kappa shape index (κ3) is 4.01. The fourth-order valence-corrected chi connectivity index (χ4v) is 4.82. The lowest BCUT2D eigenvalue weighted by Crippen LogP contribution is -2.28. The average molecular weight is 447 g/mol. The maximum Gasteiger partial charge on any atom is 0.433 e. The highest BCUT2D eigenvalue weighted by molar-refractivity contribution is 7.20. The summed E-state index contributed by atoms with van der Waals surface area (Å²) in [5.74, 6) is -0.504. The van der Waals surface area contributed by atoms with Gasteiger partial charge >= 0.3 is 6.18 Å². The summed E-state index contributed by atoms with van der Waals surface area (Å²) in [6.45, 7) is 4.90. The van der Waals surface area contributed by atoms with Crippen molar-refractivity contribution in [2.75, 3.05) is 18.4 Å².